The maximum Gasteiger partial charge on any atom is 0.362 e. The molecular weight excluding hydrogens is 225 g/mol. The Morgan fingerprint density at radius 3 is 2.43 bits per heavy atom. The maximum atomic E-state index is 11.9. The van der Waals surface area contributed by atoms with Crippen LogP contribution in [0.2, 0.25) is 5.02 Å². The number of nitrogen functional groups attached to an aromatic ring is 1. The second-order valence-electron chi connectivity index (χ2n) is 2.54. The first-order valence-electron chi connectivity index (χ1n) is 3.81. The van der Waals surface area contributed by atoms with Crippen molar-refractivity contribution in [3.05, 3.63) is 23.2 Å². The van der Waals surface area contributed by atoms with Crippen LogP contribution < -0.4 is 11.0 Å². The fraction of sp³-hybridized carbons (Fsp3) is 0.250. The Kier molecular flexibility index (Phi) is 3.56. The third kappa shape index (κ3) is 1.93. The third-order valence-electron chi connectivity index (χ3n) is 1.81. The molecule has 0 atom stereocenters. The first-order chi connectivity index (χ1) is 6.55. The van der Waals surface area contributed by atoms with Crippen LogP contribution in [0.4, 0.5) is 5.69 Å². The molecule has 1 rings (SSSR count). The van der Waals surface area contributed by atoms with Crippen molar-refractivity contribution in [3.63, 3.8) is 0 Å². The van der Waals surface area contributed by atoms with Gasteiger partial charge in [0.05, 0.1) is 16.0 Å². The van der Waals surface area contributed by atoms with E-state index in [0.717, 1.165) is 0 Å². The minimum atomic E-state index is -3.31. The van der Waals surface area contributed by atoms with Crippen molar-refractivity contribution in [3.8, 4) is 0 Å². The predicted molar refractivity (Wildman–Crippen MR) is 57.1 cm³/mol. The van der Waals surface area contributed by atoms with Gasteiger partial charge in [-0.3, -0.25) is 4.57 Å². The smallest absolute Gasteiger partial charge is 0.362 e. The Labute approximate surface area is 87.5 Å². The van der Waals surface area contributed by atoms with Crippen LogP contribution in [0.25, 0.3) is 0 Å². The number of anilines is 1. The van der Waals surface area contributed by atoms with Crippen LogP contribution in [0.3, 0.4) is 0 Å². The van der Waals surface area contributed by atoms with Crippen molar-refractivity contribution in [2.45, 2.75) is 0 Å². The van der Waals surface area contributed by atoms with Crippen molar-refractivity contribution < 1.29 is 13.6 Å². The predicted octanol–water partition coefficient (Wildman–Crippen LogP) is 2.03. The van der Waals surface area contributed by atoms with Gasteiger partial charge in [0.2, 0.25) is 0 Å². The Balaban J connectivity index is 3.32. The summed E-state index contributed by atoms with van der Waals surface area (Å²) in [5.74, 6) is 0. The maximum absolute atomic E-state index is 11.9. The molecule has 0 saturated heterocycles. The van der Waals surface area contributed by atoms with Gasteiger partial charge in [0, 0.05) is 14.2 Å². The van der Waals surface area contributed by atoms with Gasteiger partial charge in [-0.15, -0.1) is 0 Å². The highest BCUT2D eigenvalue weighted by atomic mass is 35.5. The second kappa shape index (κ2) is 4.32. The Hall–Kier alpha value is -0.540. The molecule has 0 heterocycles. The lowest BCUT2D eigenvalue weighted by Crippen LogP contribution is -2.13. The molecule has 14 heavy (non-hydrogen) atoms. The quantitative estimate of drug-likeness (QED) is 0.643. The molecule has 0 aromatic heterocycles. The standard InChI is InChI=1S/C8H11ClNO3P/c1-12-14(11,13-2)7-5-3-4-6(9)8(7)10/h3-5H,10H2,1-2H3. The summed E-state index contributed by atoms with van der Waals surface area (Å²) >= 11 is 5.78. The lowest BCUT2D eigenvalue weighted by molar-refractivity contribution is 0.287. The summed E-state index contributed by atoms with van der Waals surface area (Å²) < 4.78 is 21.5. The minimum Gasteiger partial charge on any atom is -0.397 e. The Morgan fingerprint density at radius 2 is 1.93 bits per heavy atom. The van der Waals surface area contributed by atoms with Gasteiger partial charge in [-0.25, -0.2) is 0 Å². The normalized spacial score (nSPS) is 11.6. The van der Waals surface area contributed by atoms with Crippen molar-refractivity contribution in [1.29, 1.82) is 0 Å². The molecule has 1 aromatic carbocycles. The van der Waals surface area contributed by atoms with Crippen LogP contribution in [0.5, 0.6) is 0 Å². The minimum absolute atomic E-state index is 0.223. The van der Waals surface area contributed by atoms with E-state index in [-0.39, 0.29) is 11.0 Å². The summed E-state index contributed by atoms with van der Waals surface area (Å²) in [6.45, 7) is 0. The van der Waals surface area contributed by atoms with E-state index >= 15 is 0 Å². The van der Waals surface area contributed by atoms with Crippen molar-refractivity contribution in [2.75, 3.05) is 20.0 Å². The van der Waals surface area contributed by atoms with E-state index in [1.807, 2.05) is 0 Å². The molecule has 0 fully saturated rings. The molecular formula is C8H11ClNO3P. The lowest BCUT2D eigenvalue weighted by Gasteiger charge is -2.15. The van der Waals surface area contributed by atoms with Gasteiger partial charge in [-0.05, 0) is 12.1 Å². The summed E-state index contributed by atoms with van der Waals surface area (Å²) in [7, 11) is -0.715. The fourth-order valence-corrected chi connectivity index (χ4v) is 2.50. The summed E-state index contributed by atoms with van der Waals surface area (Å²) in [5.41, 5.74) is 5.88. The largest absolute Gasteiger partial charge is 0.397 e. The van der Waals surface area contributed by atoms with Crippen LogP contribution in [-0.4, -0.2) is 14.2 Å². The van der Waals surface area contributed by atoms with Gasteiger partial charge in [-0.1, -0.05) is 17.7 Å². The van der Waals surface area contributed by atoms with Gasteiger partial charge >= 0.3 is 7.60 Å². The first-order valence-corrected chi connectivity index (χ1v) is 5.73. The first kappa shape index (κ1) is 11.5. The number of hydrogen-bond donors (Lipinski definition) is 1. The molecule has 0 aliphatic heterocycles. The average Bonchev–Trinajstić information content (AvgIpc) is 2.21. The van der Waals surface area contributed by atoms with Crippen molar-refractivity contribution >= 4 is 30.2 Å². The fourth-order valence-electron chi connectivity index (χ4n) is 1.04. The van der Waals surface area contributed by atoms with E-state index in [1.165, 1.54) is 14.2 Å². The molecule has 0 bridgehead atoms. The number of para-hydroxylation sites is 1. The Morgan fingerprint density at radius 1 is 1.36 bits per heavy atom. The van der Waals surface area contributed by atoms with Crippen LogP contribution in [0, 0.1) is 0 Å². The molecule has 0 spiro atoms. The molecule has 0 aliphatic rings. The van der Waals surface area contributed by atoms with Crippen LogP contribution in [-0.2, 0) is 13.6 Å². The van der Waals surface area contributed by atoms with Crippen LogP contribution >= 0.6 is 19.2 Å². The van der Waals surface area contributed by atoms with Gasteiger partial charge < -0.3 is 14.8 Å². The molecule has 0 radical (unpaired) electrons. The van der Waals surface area contributed by atoms with E-state index < -0.39 is 7.60 Å². The average molecular weight is 236 g/mol. The molecule has 0 unspecified atom stereocenters. The third-order valence-corrected chi connectivity index (χ3v) is 4.08. The highest BCUT2D eigenvalue weighted by Gasteiger charge is 2.27. The molecule has 0 amide bonds. The summed E-state index contributed by atoms with van der Waals surface area (Å²) in [6.07, 6.45) is 0. The molecule has 1 aromatic rings. The lowest BCUT2D eigenvalue weighted by atomic mass is 10.3. The van der Waals surface area contributed by atoms with E-state index in [0.29, 0.717) is 5.02 Å². The number of nitrogens with two attached hydrogens (primary N) is 1. The summed E-state index contributed by atoms with van der Waals surface area (Å²) in [5, 5.41) is 0.617. The zero-order valence-electron chi connectivity index (χ0n) is 7.86. The Bertz CT molecular complexity index is 375. The van der Waals surface area contributed by atoms with Crippen LogP contribution in [0.1, 0.15) is 0 Å². The van der Waals surface area contributed by atoms with Crippen LogP contribution in [0.15, 0.2) is 18.2 Å². The van der Waals surface area contributed by atoms with Gasteiger partial charge in [0.1, 0.15) is 0 Å². The number of hydrogen-bond acceptors (Lipinski definition) is 4. The number of halogens is 1. The molecule has 78 valence electrons. The van der Waals surface area contributed by atoms with E-state index in [1.54, 1.807) is 18.2 Å². The molecule has 0 aliphatic carbocycles. The molecule has 2 N–H and O–H groups in total. The molecule has 4 nitrogen and oxygen atoms in total. The number of benzene rings is 1. The number of rotatable bonds is 3. The van der Waals surface area contributed by atoms with Gasteiger partial charge in [0.25, 0.3) is 0 Å². The van der Waals surface area contributed by atoms with E-state index in [4.69, 9.17) is 26.4 Å². The van der Waals surface area contributed by atoms with Crippen molar-refractivity contribution in [1.82, 2.24) is 0 Å². The zero-order chi connectivity index (χ0) is 10.8. The second-order valence-corrected chi connectivity index (χ2v) is 5.15. The SMILES string of the molecule is COP(=O)(OC)c1cccc(Cl)c1N. The summed E-state index contributed by atoms with van der Waals surface area (Å²) in [6, 6.07) is 4.81. The van der Waals surface area contributed by atoms with Gasteiger partial charge in [-0.2, -0.15) is 0 Å². The monoisotopic (exact) mass is 235 g/mol. The molecule has 6 heteroatoms. The van der Waals surface area contributed by atoms with E-state index in [9.17, 15) is 4.57 Å². The highest BCUT2D eigenvalue weighted by Crippen LogP contribution is 2.47. The van der Waals surface area contributed by atoms with Crippen molar-refractivity contribution in [2.24, 2.45) is 0 Å². The highest BCUT2D eigenvalue weighted by molar-refractivity contribution is 7.62. The molecule has 0 saturated carbocycles. The zero-order valence-corrected chi connectivity index (χ0v) is 9.51. The topological polar surface area (TPSA) is 61.5 Å². The van der Waals surface area contributed by atoms with E-state index in [2.05, 4.69) is 0 Å². The van der Waals surface area contributed by atoms with Gasteiger partial charge in [0.15, 0.2) is 0 Å². The summed E-state index contributed by atoms with van der Waals surface area (Å²) in [4.78, 5) is 0.